The molecule has 2 aromatic heterocycles. The Labute approximate surface area is 154 Å². The molecule has 0 saturated heterocycles. The number of carbonyl (C=O) groups is 1. The van der Waals surface area contributed by atoms with Gasteiger partial charge in [-0.2, -0.15) is 4.98 Å². The van der Waals surface area contributed by atoms with Gasteiger partial charge < -0.3 is 14.7 Å². The van der Waals surface area contributed by atoms with Crippen molar-refractivity contribution in [3.8, 4) is 17.3 Å². The second-order valence-corrected chi connectivity index (χ2v) is 6.17. The lowest BCUT2D eigenvalue weighted by Crippen LogP contribution is -2.25. The van der Waals surface area contributed by atoms with Crippen molar-refractivity contribution < 1.29 is 13.7 Å². The highest BCUT2D eigenvalue weighted by atomic mass is 19.1. The van der Waals surface area contributed by atoms with Gasteiger partial charge in [0.1, 0.15) is 12.1 Å². The quantitative estimate of drug-likeness (QED) is 0.547. The van der Waals surface area contributed by atoms with Crippen molar-refractivity contribution >= 4 is 5.91 Å². The third-order valence-corrected chi connectivity index (χ3v) is 4.29. The molecular weight excluding hydrogens is 351 g/mol. The van der Waals surface area contributed by atoms with Gasteiger partial charge in [-0.1, -0.05) is 11.2 Å². The summed E-state index contributed by atoms with van der Waals surface area (Å²) in [5.74, 6) is 0.0338. The van der Waals surface area contributed by atoms with E-state index in [9.17, 15) is 9.18 Å². The van der Waals surface area contributed by atoms with E-state index in [1.807, 2.05) is 0 Å². The Morgan fingerprint density at radius 1 is 1.44 bits per heavy atom. The number of carbonyl (C=O) groups excluding carboxylic acids is 1. The first-order valence-corrected chi connectivity index (χ1v) is 8.34. The first kappa shape index (κ1) is 17.1. The standard InChI is InChI=1S/C18H17FN6O2/c1-3-6-20-8-15-22-17(27-23-15)16-14-9-24(2)18(26)12-7-11(19)4-5-13(12)25(14)10-21-16/h3-5,7,10,20H,1,6,8-9H2,2H3. The molecule has 1 N–H and O–H groups in total. The number of nitrogens with zero attached hydrogens (tertiary/aromatic N) is 5. The van der Waals surface area contributed by atoms with Crippen molar-refractivity contribution in [3.63, 3.8) is 0 Å². The number of rotatable bonds is 5. The summed E-state index contributed by atoms with van der Waals surface area (Å²) in [6.45, 7) is 4.98. The van der Waals surface area contributed by atoms with E-state index in [0.717, 1.165) is 0 Å². The minimum Gasteiger partial charge on any atom is -0.336 e. The number of amides is 1. The number of halogens is 1. The molecule has 1 aromatic carbocycles. The van der Waals surface area contributed by atoms with Crippen molar-refractivity contribution in [1.82, 2.24) is 29.9 Å². The molecule has 0 radical (unpaired) electrons. The molecule has 0 unspecified atom stereocenters. The third kappa shape index (κ3) is 3.02. The molecular formula is C18H17FN6O2. The fraction of sp³-hybridized carbons (Fsp3) is 0.222. The van der Waals surface area contributed by atoms with Crippen LogP contribution in [0.3, 0.4) is 0 Å². The predicted molar refractivity (Wildman–Crippen MR) is 94.5 cm³/mol. The Hall–Kier alpha value is -3.33. The van der Waals surface area contributed by atoms with Gasteiger partial charge >= 0.3 is 0 Å². The van der Waals surface area contributed by atoms with Crippen molar-refractivity contribution in [3.05, 3.63) is 60.1 Å². The van der Waals surface area contributed by atoms with E-state index in [0.29, 0.717) is 36.0 Å². The summed E-state index contributed by atoms with van der Waals surface area (Å²) < 4.78 is 20.8. The average Bonchev–Trinajstić information content (AvgIpc) is 3.26. The Kier molecular flexibility index (Phi) is 4.28. The number of aromatic nitrogens is 4. The van der Waals surface area contributed by atoms with E-state index < -0.39 is 5.82 Å². The largest absolute Gasteiger partial charge is 0.336 e. The lowest BCUT2D eigenvalue weighted by atomic mass is 10.1. The van der Waals surface area contributed by atoms with E-state index in [4.69, 9.17) is 4.52 Å². The van der Waals surface area contributed by atoms with Crippen LogP contribution in [-0.2, 0) is 13.1 Å². The van der Waals surface area contributed by atoms with Crippen LogP contribution >= 0.6 is 0 Å². The molecule has 27 heavy (non-hydrogen) atoms. The smallest absolute Gasteiger partial charge is 0.278 e. The summed E-state index contributed by atoms with van der Waals surface area (Å²) in [5.41, 5.74) is 2.05. The fourth-order valence-electron chi connectivity index (χ4n) is 3.01. The van der Waals surface area contributed by atoms with Crippen LogP contribution in [-0.4, -0.2) is 44.1 Å². The second-order valence-electron chi connectivity index (χ2n) is 6.17. The van der Waals surface area contributed by atoms with E-state index >= 15 is 0 Å². The first-order valence-electron chi connectivity index (χ1n) is 8.34. The van der Waals surface area contributed by atoms with Gasteiger partial charge in [0, 0.05) is 13.6 Å². The monoisotopic (exact) mass is 368 g/mol. The predicted octanol–water partition coefficient (Wildman–Crippen LogP) is 1.92. The topological polar surface area (TPSA) is 89.1 Å². The highest BCUT2D eigenvalue weighted by Crippen LogP contribution is 2.30. The maximum Gasteiger partial charge on any atom is 0.278 e. The highest BCUT2D eigenvalue weighted by molar-refractivity contribution is 5.98. The molecule has 0 atom stereocenters. The molecule has 1 aliphatic rings. The van der Waals surface area contributed by atoms with Gasteiger partial charge in [-0.05, 0) is 18.2 Å². The second kappa shape index (κ2) is 6.76. The summed E-state index contributed by atoms with van der Waals surface area (Å²) in [5, 5.41) is 7.04. The number of nitrogens with one attached hydrogen (secondary N) is 1. The molecule has 0 bridgehead atoms. The van der Waals surface area contributed by atoms with Crippen LogP contribution < -0.4 is 5.32 Å². The molecule has 8 nitrogen and oxygen atoms in total. The Morgan fingerprint density at radius 2 is 2.30 bits per heavy atom. The van der Waals surface area contributed by atoms with Crippen LogP contribution in [0.1, 0.15) is 21.9 Å². The van der Waals surface area contributed by atoms with Gasteiger partial charge in [-0.15, -0.1) is 6.58 Å². The highest BCUT2D eigenvalue weighted by Gasteiger charge is 2.28. The lowest BCUT2D eigenvalue weighted by molar-refractivity contribution is 0.0787. The van der Waals surface area contributed by atoms with Crippen LogP contribution in [0.25, 0.3) is 17.3 Å². The normalized spacial score (nSPS) is 13.3. The van der Waals surface area contributed by atoms with Crippen molar-refractivity contribution in [2.45, 2.75) is 13.1 Å². The molecule has 0 saturated carbocycles. The van der Waals surface area contributed by atoms with Crippen LogP contribution in [0.15, 0.2) is 41.7 Å². The van der Waals surface area contributed by atoms with Gasteiger partial charge in [0.15, 0.2) is 11.5 Å². The summed E-state index contributed by atoms with van der Waals surface area (Å²) in [4.78, 5) is 22.9. The average molecular weight is 368 g/mol. The maximum absolute atomic E-state index is 13.7. The number of fused-ring (bicyclic) bond motifs is 3. The van der Waals surface area contributed by atoms with Crippen LogP contribution in [0, 0.1) is 5.82 Å². The molecule has 1 amide bonds. The summed E-state index contributed by atoms with van der Waals surface area (Å²) >= 11 is 0. The number of hydrogen-bond donors (Lipinski definition) is 1. The molecule has 4 rings (SSSR count). The zero-order chi connectivity index (χ0) is 19.0. The van der Waals surface area contributed by atoms with E-state index in [2.05, 4.69) is 27.0 Å². The fourth-order valence-corrected chi connectivity index (χ4v) is 3.01. The summed E-state index contributed by atoms with van der Waals surface area (Å²) in [6, 6.07) is 4.12. The van der Waals surface area contributed by atoms with Crippen LogP contribution in [0.4, 0.5) is 4.39 Å². The van der Waals surface area contributed by atoms with Gasteiger partial charge in [0.05, 0.1) is 30.0 Å². The van der Waals surface area contributed by atoms with E-state index in [-0.39, 0.29) is 23.9 Å². The van der Waals surface area contributed by atoms with Crippen LogP contribution in [0.2, 0.25) is 0 Å². The molecule has 0 spiro atoms. The Bertz CT molecular complexity index is 1020. The molecule has 1 aliphatic heterocycles. The summed E-state index contributed by atoms with van der Waals surface area (Å²) in [7, 11) is 1.65. The minimum absolute atomic E-state index is 0.265. The van der Waals surface area contributed by atoms with Gasteiger partial charge in [-0.3, -0.25) is 9.36 Å². The third-order valence-electron chi connectivity index (χ3n) is 4.29. The van der Waals surface area contributed by atoms with Crippen molar-refractivity contribution in [2.24, 2.45) is 0 Å². The lowest BCUT2D eigenvalue weighted by Gasteiger charge is -2.14. The van der Waals surface area contributed by atoms with E-state index in [1.165, 1.54) is 17.0 Å². The van der Waals surface area contributed by atoms with Crippen molar-refractivity contribution in [1.29, 1.82) is 0 Å². The van der Waals surface area contributed by atoms with Gasteiger partial charge in [-0.25, -0.2) is 9.37 Å². The molecule has 3 heterocycles. The SMILES string of the molecule is C=CCNCc1noc(-c2ncn3c2CN(C)C(=O)c2cc(F)ccc2-3)n1. The molecule has 0 fully saturated rings. The first-order chi connectivity index (χ1) is 13.1. The summed E-state index contributed by atoms with van der Waals surface area (Å²) in [6.07, 6.45) is 3.32. The molecule has 9 heteroatoms. The molecule has 0 aliphatic carbocycles. The van der Waals surface area contributed by atoms with Crippen LogP contribution in [0.5, 0.6) is 0 Å². The minimum atomic E-state index is -0.465. The number of imidazole rings is 1. The number of hydrogen-bond acceptors (Lipinski definition) is 6. The molecule has 3 aromatic rings. The van der Waals surface area contributed by atoms with Gasteiger partial charge in [0.2, 0.25) is 0 Å². The van der Waals surface area contributed by atoms with Gasteiger partial charge in [0.25, 0.3) is 11.8 Å². The molecule has 138 valence electrons. The Balaban J connectivity index is 1.75. The van der Waals surface area contributed by atoms with Crippen molar-refractivity contribution in [2.75, 3.05) is 13.6 Å². The maximum atomic E-state index is 13.7. The zero-order valence-corrected chi connectivity index (χ0v) is 14.6. The zero-order valence-electron chi connectivity index (χ0n) is 14.6. The van der Waals surface area contributed by atoms with E-state index in [1.54, 1.807) is 30.1 Å². The Morgan fingerprint density at radius 3 is 3.11 bits per heavy atom. The number of benzene rings is 1.